The zero-order chi connectivity index (χ0) is 14.7. The van der Waals surface area contributed by atoms with Crippen molar-refractivity contribution < 1.29 is 9.53 Å². The third-order valence-electron chi connectivity index (χ3n) is 3.70. The largest absolute Gasteiger partial charge is 0.493 e. The molecule has 1 aromatic carbocycles. The smallest absolute Gasteiger partial charge is 0.255 e. The highest BCUT2D eigenvalue weighted by Crippen LogP contribution is 2.19. The van der Waals surface area contributed by atoms with E-state index in [1.165, 1.54) is 0 Å². The minimum atomic E-state index is -0.0763. The van der Waals surface area contributed by atoms with E-state index in [2.05, 4.69) is 14.9 Å². The van der Waals surface area contributed by atoms with Crippen LogP contribution in [0.4, 0.5) is 0 Å². The van der Waals surface area contributed by atoms with Gasteiger partial charge >= 0.3 is 0 Å². The molecule has 5 heteroatoms. The van der Waals surface area contributed by atoms with Crippen LogP contribution in [0.3, 0.4) is 0 Å². The fourth-order valence-corrected chi connectivity index (χ4v) is 2.68. The van der Waals surface area contributed by atoms with Crippen LogP contribution in [0.5, 0.6) is 5.75 Å². The van der Waals surface area contributed by atoms with Crippen molar-refractivity contribution in [1.82, 2.24) is 14.9 Å². The second-order valence-electron chi connectivity index (χ2n) is 5.13. The number of carbonyl (C=O) groups excluding carboxylic acids is 1. The van der Waals surface area contributed by atoms with E-state index in [0.29, 0.717) is 17.9 Å². The van der Waals surface area contributed by atoms with Gasteiger partial charge < -0.3 is 14.6 Å². The Kier molecular flexibility index (Phi) is 3.90. The van der Waals surface area contributed by atoms with E-state index in [1.54, 1.807) is 6.07 Å². The number of ether oxygens (including phenoxy) is 1. The van der Waals surface area contributed by atoms with Crippen molar-refractivity contribution in [3.05, 3.63) is 48.0 Å². The molecule has 0 aliphatic carbocycles. The van der Waals surface area contributed by atoms with Crippen LogP contribution in [-0.4, -0.2) is 28.1 Å². The second-order valence-corrected chi connectivity index (χ2v) is 5.13. The lowest BCUT2D eigenvalue weighted by molar-refractivity contribution is 0.0923. The van der Waals surface area contributed by atoms with E-state index in [0.717, 1.165) is 25.2 Å². The summed E-state index contributed by atoms with van der Waals surface area (Å²) in [4.78, 5) is 16.7. The predicted octanol–water partition coefficient (Wildman–Crippen LogP) is 2.03. The van der Waals surface area contributed by atoms with E-state index < -0.39 is 0 Å². The van der Waals surface area contributed by atoms with E-state index in [4.69, 9.17) is 4.74 Å². The zero-order valence-electron chi connectivity index (χ0n) is 12.1. The van der Waals surface area contributed by atoms with E-state index in [1.807, 2.05) is 37.5 Å². The molecule has 2 aromatic rings. The fraction of sp³-hybridized carbons (Fsp3) is 0.375. The molecule has 0 saturated heterocycles. The highest BCUT2D eigenvalue weighted by molar-refractivity contribution is 5.97. The van der Waals surface area contributed by atoms with Gasteiger partial charge in [-0.15, -0.1) is 0 Å². The molecule has 1 atom stereocenters. The number of para-hydroxylation sites is 1. The predicted molar refractivity (Wildman–Crippen MR) is 79.4 cm³/mol. The van der Waals surface area contributed by atoms with Crippen LogP contribution in [0.25, 0.3) is 0 Å². The van der Waals surface area contributed by atoms with Crippen molar-refractivity contribution in [2.45, 2.75) is 32.4 Å². The molecule has 1 aliphatic heterocycles. The lowest BCUT2D eigenvalue weighted by Gasteiger charge is -2.25. The number of aryl methyl sites for hydroxylation is 1. The first-order chi connectivity index (χ1) is 10.3. The monoisotopic (exact) mass is 285 g/mol. The molecule has 1 amide bonds. The highest BCUT2D eigenvalue weighted by Gasteiger charge is 2.22. The fourth-order valence-electron chi connectivity index (χ4n) is 2.68. The molecule has 5 nitrogen and oxygen atoms in total. The molecule has 21 heavy (non-hydrogen) atoms. The van der Waals surface area contributed by atoms with Crippen molar-refractivity contribution in [2.24, 2.45) is 0 Å². The van der Waals surface area contributed by atoms with Gasteiger partial charge in [0.05, 0.1) is 12.2 Å². The summed E-state index contributed by atoms with van der Waals surface area (Å²) in [6.45, 7) is 3.24. The first kappa shape index (κ1) is 13.7. The van der Waals surface area contributed by atoms with Crippen molar-refractivity contribution in [3.8, 4) is 5.75 Å². The van der Waals surface area contributed by atoms with Gasteiger partial charge in [-0.3, -0.25) is 4.79 Å². The molecular formula is C16H19N3O2. The minimum absolute atomic E-state index is 0.0763. The Hall–Kier alpha value is -2.30. The normalized spacial score (nSPS) is 17.1. The number of carbonyl (C=O) groups is 1. The summed E-state index contributed by atoms with van der Waals surface area (Å²) in [6.07, 6.45) is 5.58. The molecule has 2 heterocycles. The summed E-state index contributed by atoms with van der Waals surface area (Å²) < 4.78 is 7.62. The van der Waals surface area contributed by atoms with Gasteiger partial charge in [0.2, 0.25) is 0 Å². The van der Waals surface area contributed by atoms with Crippen LogP contribution in [0.1, 0.15) is 29.5 Å². The Morgan fingerprint density at radius 3 is 3.19 bits per heavy atom. The Balaban J connectivity index is 1.70. The molecule has 0 spiro atoms. The average molecular weight is 285 g/mol. The Bertz CT molecular complexity index is 636. The number of fused-ring (bicyclic) bond motifs is 1. The standard InChI is InChI=1S/C16H19N3O2/c1-2-21-14-6-4-3-5-13(14)16(20)18-12-7-8-15-17-9-10-19(15)11-12/h3-6,9-10,12H,2,7-8,11H2,1H3,(H,18,20). The van der Waals surface area contributed by atoms with E-state index in [9.17, 15) is 4.79 Å². The topological polar surface area (TPSA) is 56.1 Å². The van der Waals surface area contributed by atoms with Crippen LogP contribution in [-0.2, 0) is 13.0 Å². The molecule has 3 rings (SSSR count). The Labute approximate surface area is 124 Å². The number of imidazole rings is 1. The highest BCUT2D eigenvalue weighted by atomic mass is 16.5. The Morgan fingerprint density at radius 1 is 1.48 bits per heavy atom. The summed E-state index contributed by atoms with van der Waals surface area (Å²) >= 11 is 0. The molecule has 0 saturated carbocycles. The number of nitrogens with zero attached hydrogens (tertiary/aromatic N) is 2. The summed E-state index contributed by atoms with van der Waals surface area (Å²) in [7, 11) is 0. The molecule has 0 bridgehead atoms. The first-order valence-corrected chi connectivity index (χ1v) is 7.30. The first-order valence-electron chi connectivity index (χ1n) is 7.30. The number of amides is 1. The molecule has 110 valence electrons. The van der Waals surface area contributed by atoms with Gasteiger partial charge in [-0.2, -0.15) is 0 Å². The number of nitrogens with one attached hydrogen (secondary N) is 1. The molecule has 1 aromatic heterocycles. The second kappa shape index (κ2) is 5.99. The van der Waals surface area contributed by atoms with Gasteiger partial charge in [-0.1, -0.05) is 12.1 Å². The molecule has 1 N–H and O–H groups in total. The SMILES string of the molecule is CCOc1ccccc1C(=O)NC1CCc2nccn2C1. The summed E-state index contributed by atoms with van der Waals surface area (Å²) in [6, 6.07) is 7.49. The number of hydrogen-bond donors (Lipinski definition) is 1. The summed E-state index contributed by atoms with van der Waals surface area (Å²) in [5, 5.41) is 3.10. The number of benzene rings is 1. The third-order valence-corrected chi connectivity index (χ3v) is 3.70. The number of hydrogen-bond acceptors (Lipinski definition) is 3. The maximum absolute atomic E-state index is 12.4. The summed E-state index contributed by atoms with van der Waals surface area (Å²) in [5.74, 6) is 1.65. The van der Waals surface area contributed by atoms with E-state index >= 15 is 0 Å². The molecule has 1 unspecified atom stereocenters. The van der Waals surface area contributed by atoms with Crippen LogP contribution >= 0.6 is 0 Å². The van der Waals surface area contributed by atoms with Crippen molar-refractivity contribution >= 4 is 5.91 Å². The Morgan fingerprint density at radius 2 is 2.33 bits per heavy atom. The summed E-state index contributed by atoms with van der Waals surface area (Å²) in [5.41, 5.74) is 0.593. The zero-order valence-corrected chi connectivity index (χ0v) is 12.1. The third kappa shape index (κ3) is 2.91. The molecular weight excluding hydrogens is 266 g/mol. The number of aromatic nitrogens is 2. The van der Waals surface area contributed by atoms with Gasteiger partial charge in [-0.05, 0) is 25.5 Å². The van der Waals surface area contributed by atoms with Crippen LogP contribution < -0.4 is 10.1 Å². The lowest BCUT2D eigenvalue weighted by Crippen LogP contribution is -2.41. The molecule has 1 aliphatic rings. The van der Waals surface area contributed by atoms with Gasteiger partial charge in [0, 0.05) is 31.4 Å². The van der Waals surface area contributed by atoms with Gasteiger partial charge in [-0.25, -0.2) is 4.98 Å². The lowest BCUT2D eigenvalue weighted by atomic mass is 10.1. The minimum Gasteiger partial charge on any atom is -0.493 e. The van der Waals surface area contributed by atoms with Crippen molar-refractivity contribution in [2.75, 3.05) is 6.61 Å². The molecule has 0 radical (unpaired) electrons. The van der Waals surface area contributed by atoms with Crippen molar-refractivity contribution in [1.29, 1.82) is 0 Å². The average Bonchev–Trinajstić information content (AvgIpc) is 2.95. The molecule has 0 fully saturated rings. The quantitative estimate of drug-likeness (QED) is 0.935. The van der Waals surface area contributed by atoms with Crippen LogP contribution in [0.15, 0.2) is 36.7 Å². The van der Waals surface area contributed by atoms with Crippen LogP contribution in [0, 0.1) is 0 Å². The van der Waals surface area contributed by atoms with Gasteiger partial charge in [0.15, 0.2) is 0 Å². The maximum atomic E-state index is 12.4. The van der Waals surface area contributed by atoms with Crippen molar-refractivity contribution in [3.63, 3.8) is 0 Å². The number of rotatable bonds is 4. The van der Waals surface area contributed by atoms with Gasteiger partial charge in [0.1, 0.15) is 11.6 Å². The maximum Gasteiger partial charge on any atom is 0.255 e. The van der Waals surface area contributed by atoms with E-state index in [-0.39, 0.29) is 11.9 Å². The van der Waals surface area contributed by atoms with Crippen LogP contribution in [0.2, 0.25) is 0 Å². The van der Waals surface area contributed by atoms with Gasteiger partial charge in [0.25, 0.3) is 5.91 Å².